The van der Waals surface area contributed by atoms with Crippen LogP contribution in [-0.2, 0) is 4.74 Å². The molecule has 8 nitrogen and oxygen atoms in total. The van der Waals surface area contributed by atoms with Crippen LogP contribution in [0.25, 0.3) is 39.0 Å². The minimum absolute atomic E-state index is 0.0121. The lowest BCUT2D eigenvalue weighted by atomic mass is 9.85. The highest BCUT2D eigenvalue weighted by atomic mass is 19.1. The summed E-state index contributed by atoms with van der Waals surface area (Å²) in [7, 11) is 0. The summed E-state index contributed by atoms with van der Waals surface area (Å²) < 4.78 is 60.2. The molecule has 45 heavy (non-hydrogen) atoms. The van der Waals surface area contributed by atoms with Crippen LogP contribution in [0.3, 0.4) is 0 Å². The van der Waals surface area contributed by atoms with Gasteiger partial charge in [-0.05, 0) is 69.3 Å². The van der Waals surface area contributed by atoms with Crippen LogP contribution in [0.15, 0.2) is 24.4 Å². The number of rotatable bonds is 6. The zero-order chi connectivity index (χ0) is 30.9. The number of alkyl halides is 1. The predicted octanol–water partition coefficient (Wildman–Crippen LogP) is 6.51. The van der Waals surface area contributed by atoms with Crippen molar-refractivity contribution in [2.45, 2.75) is 69.7 Å². The number of aromatic amines is 1. The number of hydrogen-bond acceptors (Lipinski definition) is 7. The Morgan fingerprint density at radius 1 is 1.11 bits per heavy atom. The molecule has 236 valence electrons. The Kier molecular flexibility index (Phi) is 6.83. The van der Waals surface area contributed by atoms with Gasteiger partial charge in [-0.1, -0.05) is 12.2 Å². The molecular weight excluding hydrogens is 581 g/mol. The average Bonchev–Trinajstić information content (AvgIpc) is 3.71. The Hall–Kier alpha value is -3.70. The number of nitrogens with zero attached hydrogens (tertiary/aromatic N) is 5. The number of halogens is 3. The Balaban J connectivity index is 1.30. The molecule has 0 radical (unpaired) electrons. The van der Waals surface area contributed by atoms with E-state index in [9.17, 15) is 4.39 Å². The second kappa shape index (κ2) is 10.7. The summed E-state index contributed by atoms with van der Waals surface area (Å²) >= 11 is 0. The number of anilines is 1. The predicted molar refractivity (Wildman–Crippen MR) is 167 cm³/mol. The van der Waals surface area contributed by atoms with Crippen LogP contribution in [0.5, 0.6) is 6.01 Å². The summed E-state index contributed by atoms with van der Waals surface area (Å²) in [4.78, 5) is 13.6. The van der Waals surface area contributed by atoms with E-state index < -0.39 is 23.3 Å². The van der Waals surface area contributed by atoms with Crippen molar-refractivity contribution in [1.29, 1.82) is 0 Å². The van der Waals surface area contributed by atoms with Crippen LogP contribution >= 0.6 is 0 Å². The van der Waals surface area contributed by atoms with Gasteiger partial charge in [0.25, 0.3) is 0 Å². The van der Waals surface area contributed by atoms with Gasteiger partial charge in [-0.2, -0.15) is 15.1 Å². The monoisotopic (exact) mass is 618 g/mol. The lowest BCUT2D eigenvalue weighted by Crippen LogP contribution is -2.56. The van der Waals surface area contributed by atoms with E-state index >= 15 is 8.78 Å². The number of fused-ring (bicyclic) bond motifs is 3. The van der Waals surface area contributed by atoms with Crippen molar-refractivity contribution in [1.82, 2.24) is 25.1 Å². The van der Waals surface area contributed by atoms with E-state index in [2.05, 4.69) is 25.0 Å². The van der Waals surface area contributed by atoms with Crippen molar-refractivity contribution in [3.63, 3.8) is 0 Å². The Labute approximate surface area is 259 Å². The van der Waals surface area contributed by atoms with Crippen molar-refractivity contribution < 1.29 is 22.6 Å². The first-order chi connectivity index (χ1) is 21.8. The first-order valence-corrected chi connectivity index (χ1v) is 16.0. The number of aryl methyl sites for hydroxylation is 1. The van der Waals surface area contributed by atoms with Gasteiger partial charge >= 0.3 is 6.01 Å². The highest BCUT2D eigenvalue weighted by Crippen LogP contribution is 2.44. The Morgan fingerprint density at radius 2 is 1.96 bits per heavy atom. The van der Waals surface area contributed by atoms with Crippen LogP contribution in [-0.4, -0.2) is 81.8 Å². The molecule has 4 fully saturated rings. The largest absolute Gasteiger partial charge is 0.461 e. The highest BCUT2D eigenvalue weighted by molar-refractivity contribution is 6.03. The van der Waals surface area contributed by atoms with Crippen molar-refractivity contribution in [3.8, 4) is 17.1 Å². The van der Waals surface area contributed by atoms with Crippen molar-refractivity contribution in [3.05, 3.63) is 47.2 Å². The molecule has 4 aliphatic rings. The zero-order valence-corrected chi connectivity index (χ0v) is 25.6. The first kappa shape index (κ1) is 28.8. The number of ether oxygens (including phenoxy) is 2. The van der Waals surface area contributed by atoms with Gasteiger partial charge in [0, 0.05) is 48.8 Å². The number of benzene rings is 2. The molecule has 11 heteroatoms. The number of allylic oxidation sites excluding steroid dienone is 1. The summed E-state index contributed by atoms with van der Waals surface area (Å²) in [5, 5.41) is 8.01. The Morgan fingerprint density at radius 3 is 2.76 bits per heavy atom. The smallest absolute Gasteiger partial charge is 0.319 e. The molecule has 0 amide bonds. The maximum Gasteiger partial charge on any atom is 0.319 e. The van der Waals surface area contributed by atoms with Crippen LogP contribution < -0.4 is 9.64 Å². The van der Waals surface area contributed by atoms with Crippen molar-refractivity contribution in [2.24, 2.45) is 0 Å². The van der Waals surface area contributed by atoms with Gasteiger partial charge < -0.3 is 14.4 Å². The molecule has 0 bridgehead atoms. The molecule has 0 unspecified atom stereocenters. The van der Waals surface area contributed by atoms with Crippen LogP contribution in [0.1, 0.15) is 56.6 Å². The van der Waals surface area contributed by atoms with E-state index in [1.54, 1.807) is 6.20 Å². The van der Waals surface area contributed by atoms with E-state index in [-0.39, 0.29) is 34.7 Å². The molecule has 2 aromatic carbocycles. The summed E-state index contributed by atoms with van der Waals surface area (Å²) in [6, 6.07) is 3.29. The topological polar surface area (TPSA) is 79.4 Å². The lowest BCUT2D eigenvalue weighted by Gasteiger charge is -2.48. The molecule has 3 atom stereocenters. The van der Waals surface area contributed by atoms with E-state index in [1.165, 1.54) is 6.07 Å². The molecule has 4 aliphatic heterocycles. The molecule has 0 saturated carbocycles. The van der Waals surface area contributed by atoms with Crippen LogP contribution in [0.2, 0.25) is 0 Å². The lowest BCUT2D eigenvalue weighted by molar-refractivity contribution is -0.151. The van der Waals surface area contributed by atoms with Gasteiger partial charge in [-0.15, -0.1) is 0 Å². The van der Waals surface area contributed by atoms with Crippen molar-refractivity contribution in [2.75, 3.05) is 44.3 Å². The molecule has 2 aromatic heterocycles. The summed E-state index contributed by atoms with van der Waals surface area (Å²) in [5.74, 6) is -1.06. The third-order valence-corrected chi connectivity index (χ3v) is 10.5. The van der Waals surface area contributed by atoms with Gasteiger partial charge in [-0.3, -0.25) is 10.00 Å². The SMILES string of the molecule is C/C=C\c1c(C)cc2[nH]ncc2c1-c1c(F)cc2c(N3CCC[C@]4(CCO4)C3)nc(OC[C@@]34CCCN3C[C@H](F)C4)nc2c1F. The molecular formula is C34H37F3N6O2. The van der Waals surface area contributed by atoms with Gasteiger partial charge in [0.05, 0.1) is 35.0 Å². The standard InChI is InChI=1S/C34H37F3N6O2/c1-3-6-22-20(2)13-26-24(16-38-41-26)27(22)28-25(36)14-23-30(29(28)37)39-32(44-19-33-7-4-11-43(33)17-21(35)15-33)40-31(23)42-10-5-8-34(18-42)9-12-45-34/h3,6,13-14,16,21H,4-5,7-12,15,17-19H2,1-2H3,(H,38,41)/b6-3-/t21-,33+,34+/m1/s1. The third kappa shape index (κ3) is 4.61. The second-order valence-electron chi connectivity index (χ2n) is 13.3. The molecule has 4 saturated heterocycles. The number of H-pyrrole nitrogens is 1. The fraction of sp³-hybridized carbons (Fsp3) is 0.500. The zero-order valence-electron chi connectivity index (χ0n) is 25.6. The van der Waals surface area contributed by atoms with Gasteiger partial charge in [-0.25, -0.2) is 13.2 Å². The fourth-order valence-corrected chi connectivity index (χ4v) is 8.23. The third-order valence-electron chi connectivity index (χ3n) is 10.5. The van der Waals surface area contributed by atoms with E-state index in [0.29, 0.717) is 60.5 Å². The van der Waals surface area contributed by atoms with E-state index in [4.69, 9.17) is 14.5 Å². The van der Waals surface area contributed by atoms with E-state index in [1.807, 2.05) is 32.1 Å². The van der Waals surface area contributed by atoms with Crippen LogP contribution in [0.4, 0.5) is 19.0 Å². The number of nitrogens with one attached hydrogen (secondary N) is 1. The average molecular weight is 619 g/mol. The normalized spacial score (nSPS) is 26.9. The molecule has 6 heterocycles. The van der Waals surface area contributed by atoms with Crippen LogP contribution in [0, 0.1) is 18.6 Å². The summed E-state index contributed by atoms with van der Waals surface area (Å²) in [6.07, 6.45) is 9.34. The summed E-state index contributed by atoms with van der Waals surface area (Å²) in [6.45, 7) is 7.17. The highest BCUT2D eigenvalue weighted by Gasteiger charge is 2.49. The summed E-state index contributed by atoms with van der Waals surface area (Å²) in [5.41, 5.74) is 1.78. The number of hydrogen-bond donors (Lipinski definition) is 1. The maximum atomic E-state index is 17.0. The molecule has 1 N–H and O–H groups in total. The van der Waals surface area contributed by atoms with Crippen molar-refractivity contribution >= 4 is 33.7 Å². The maximum absolute atomic E-state index is 17.0. The molecule has 8 rings (SSSR count). The quantitative estimate of drug-likeness (QED) is 0.264. The first-order valence-electron chi connectivity index (χ1n) is 16.0. The molecule has 1 spiro atoms. The fourth-order valence-electron chi connectivity index (χ4n) is 8.23. The van der Waals surface area contributed by atoms with Gasteiger partial charge in [0.2, 0.25) is 0 Å². The van der Waals surface area contributed by atoms with E-state index in [0.717, 1.165) is 44.2 Å². The molecule has 4 aromatic rings. The number of aromatic nitrogens is 4. The Bertz CT molecular complexity index is 1840. The molecule has 0 aliphatic carbocycles. The van der Waals surface area contributed by atoms with Gasteiger partial charge in [0.1, 0.15) is 29.9 Å². The minimum atomic E-state index is -0.905. The second-order valence-corrected chi connectivity index (χ2v) is 13.3. The number of piperidine rings is 1. The minimum Gasteiger partial charge on any atom is -0.461 e. The van der Waals surface area contributed by atoms with Gasteiger partial charge in [0.15, 0.2) is 5.82 Å².